The molecule has 0 saturated heterocycles. The number of nitrogens with two attached hydrogens (primary N) is 1. The molecule has 2 saturated carbocycles. The minimum atomic E-state index is -2.57. The van der Waals surface area contributed by atoms with Gasteiger partial charge in [-0.25, -0.2) is 9.18 Å². The number of rotatable bonds is 5. The van der Waals surface area contributed by atoms with Gasteiger partial charge in [-0.3, -0.25) is 4.79 Å². The van der Waals surface area contributed by atoms with Crippen LogP contribution in [0.4, 0.5) is 4.39 Å². The van der Waals surface area contributed by atoms with E-state index in [0.29, 0.717) is 0 Å². The molecule has 0 spiro atoms. The molecule has 0 unspecified atom stereocenters. The summed E-state index contributed by atoms with van der Waals surface area (Å²) in [5, 5.41) is 20.7. The van der Waals surface area contributed by atoms with E-state index in [1.54, 1.807) is 0 Å². The third-order valence-corrected chi connectivity index (χ3v) is 5.76. The number of aliphatic carboxylic acids is 2. The van der Waals surface area contributed by atoms with E-state index in [4.69, 9.17) is 15.6 Å². The highest BCUT2D eigenvalue weighted by Gasteiger charge is 2.85. The second-order valence-electron chi connectivity index (χ2n) is 7.11. The minimum Gasteiger partial charge on any atom is -0.480 e. The van der Waals surface area contributed by atoms with Gasteiger partial charge in [0.1, 0.15) is 5.54 Å². The number of ether oxygens (including phenoxy) is 1. The second-order valence-corrected chi connectivity index (χ2v) is 7.11. The van der Waals surface area contributed by atoms with Gasteiger partial charge in [0.05, 0.1) is 12.7 Å². The maximum Gasteiger partial charge on any atom is 0.342 e. The van der Waals surface area contributed by atoms with Crippen LogP contribution in [0.2, 0.25) is 0 Å². The fourth-order valence-electron chi connectivity index (χ4n) is 4.33. The highest BCUT2D eigenvalue weighted by Crippen LogP contribution is 2.67. The van der Waals surface area contributed by atoms with Crippen molar-refractivity contribution in [2.75, 3.05) is 0 Å². The zero-order valence-electron chi connectivity index (χ0n) is 13.8. The number of benzene rings is 2. The molecule has 6 nitrogen and oxygen atoms in total. The van der Waals surface area contributed by atoms with Gasteiger partial charge in [-0.1, -0.05) is 36.4 Å². The summed E-state index contributed by atoms with van der Waals surface area (Å²) < 4.78 is 20.2. The topological polar surface area (TPSA) is 110 Å². The van der Waals surface area contributed by atoms with Crippen LogP contribution in [0.15, 0.2) is 42.5 Å². The average molecular weight is 359 g/mol. The Morgan fingerprint density at radius 3 is 2.50 bits per heavy atom. The van der Waals surface area contributed by atoms with Gasteiger partial charge in [0.15, 0.2) is 0 Å². The largest absolute Gasteiger partial charge is 0.480 e. The fourth-order valence-corrected chi connectivity index (χ4v) is 4.33. The molecule has 0 amide bonds. The van der Waals surface area contributed by atoms with Crippen LogP contribution in [0.1, 0.15) is 12.0 Å². The smallest absolute Gasteiger partial charge is 0.342 e. The summed E-state index contributed by atoms with van der Waals surface area (Å²) in [7, 11) is 0. The van der Waals surface area contributed by atoms with Crippen molar-refractivity contribution in [3.8, 4) is 0 Å². The van der Waals surface area contributed by atoms with Crippen LogP contribution < -0.4 is 5.73 Å². The van der Waals surface area contributed by atoms with Crippen molar-refractivity contribution in [3.63, 3.8) is 0 Å². The highest BCUT2D eigenvalue weighted by atomic mass is 19.1. The first-order valence-corrected chi connectivity index (χ1v) is 8.33. The number of carboxylic acids is 2. The van der Waals surface area contributed by atoms with Crippen LogP contribution in [0, 0.1) is 11.8 Å². The van der Waals surface area contributed by atoms with E-state index in [9.17, 15) is 19.1 Å². The van der Waals surface area contributed by atoms with Crippen LogP contribution in [-0.4, -0.2) is 39.5 Å². The molecule has 4 rings (SSSR count). The van der Waals surface area contributed by atoms with Crippen LogP contribution in [-0.2, 0) is 20.9 Å². The normalized spacial score (nSPS) is 35.2. The quantitative estimate of drug-likeness (QED) is 0.753. The molecule has 5 atom stereocenters. The average Bonchev–Trinajstić information content (AvgIpc) is 3.09. The zero-order valence-corrected chi connectivity index (χ0v) is 13.8. The lowest BCUT2D eigenvalue weighted by molar-refractivity contribution is -0.156. The molecular weight excluding hydrogens is 341 g/mol. The summed E-state index contributed by atoms with van der Waals surface area (Å²) in [5.41, 5.74) is 2.19. The monoisotopic (exact) mass is 359 g/mol. The number of fused-ring (bicyclic) bond motifs is 2. The Hall–Kier alpha value is -2.51. The lowest BCUT2D eigenvalue weighted by Gasteiger charge is -2.31. The number of hydrogen-bond donors (Lipinski definition) is 3. The van der Waals surface area contributed by atoms with Crippen LogP contribution in [0.5, 0.6) is 0 Å². The standard InChI is InChI=1S/C19H18FNO5/c20-18(16(22)23)13-8-14(19(21,15(13)18)17(24)25)26-9-10-5-6-11-3-1-2-4-12(11)7-10/h1-7,13-15H,8-9,21H2,(H,22,23)(H,24,25)/t13-,14-,15+,18-,19+/m1/s1. The van der Waals surface area contributed by atoms with Crippen molar-refractivity contribution in [2.45, 2.75) is 30.3 Å². The fraction of sp³-hybridized carbons (Fsp3) is 0.368. The molecule has 2 aromatic rings. The van der Waals surface area contributed by atoms with E-state index in [1.807, 2.05) is 42.5 Å². The maximum atomic E-state index is 14.5. The van der Waals surface area contributed by atoms with Gasteiger partial charge in [-0.2, -0.15) is 0 Å². The number of carboxylic acid groups (broad SMARTS) is 2. The molecule has 2 aliphatic carbocycles. The third-order valence-electron chi connectivity index (χ3n) is 5.76. The summed E-state index contributed by atoms with van der Waals surface area (Å²) in [6.45, 7) is 0.119. The number of alkyl halides is 1. The van der Waals surface area contributed by atoms with Gasteiger partial charge >= 0.3 is 11.9 Å². The third kappa shape index (κ3) is 2.17. The minimum absolute atomic E-state index is 0.0240. The lowest BCUT2D eigenvalue weighted by Crippen LogP contribution is -2.60. The van der Waals surface area contributed by atoms with E-state index >= 15 is 0 Å². The summed E-state index contributed by atoms with van der Waals surface area (Å²) >= 11 is 0. The number of hydrogen-bond acceptors (Lipinski definition) is 4. The Balaban J connectivity index is 1.53. The first-order valence-electron chi connectivity index (χ1n) is 8.33. The van der Waals surface area contributed by atoms with Gasteiger partial charge in [0, 0.05) is 11.8 Å². The molecule has 4 N–H and O–H groups in total. The molecular formula is C19H18FNO5. The van der Waals surface area contributed by atoms with Gasteiger partial charge in [0.25, 0.3) is 0 Å². The summed E-state index contributed by atoms with van der Waals surface area (Å²) in [4.78, 5) is 22.9. The molecule has 2 aliphatic rings. The predicted octanol–water partition coefficient (Wildman–Crippen LogP) is 1.95. The predicted molar refractivity (Wildman–Crippen MR) is 90.2 cm³/mol. The van der Waals surface area contributed by atoms with E-state index in [0.717, 1.165) is 16.3 Å². The van der Waals surface area contributed by atoms with Crippen LogP contribution >= 0.6 is 0 Å². The van der Waals surface area contributed by atoms with Gasteiger partial charge < -0.3 is 20.7 Å². The number of halogens is 1. The maximum absolute atomic E-state index is 14.5. The molecule has 7 heteroatoms. The molecule has 0 radical (unpaired) electrons. The van der Waals surface area contributed by atoms with Gasteiger partial charge in [-0.05, 0) is 28.8 Å². The van der Waals surface area contributed by atoms with Crippen molar-refractivity contribution in [1.82, 2.24) is 0 Å². The first kappa shape index (κ1) is 16.9. The Kier molecular flexibility index (Phi) is 3.58. The van der Waals surface area contributed by atoms with Gasteiger partial charge in [-0.15, -0.1) is 0 Å². The Bertz CT molecular complexity index is 918. The van der Waals surface area contributed by atoms with E-state index in [-0.39, 0.29) is 13.0 Å². The lowest BCUT2D eigenvalue weighted by atomic mass is 9.88. The van der Waals surface area contributed by atoms with Crippen molar-refractivity contribution in [3.05, 3.63) is 48.0 Å². The highest BCUT2D eigenvalue weighted by molar-refractivity contribution is 5.90. The van der Waals surface area contributed by atoms with E-state index < -0.39 is 41.1 Å². The molecule has 0 heterocycles. The Morgan fingerprint density at radius 1 is 1.15 bits per heavy atom. The molecule has 136 valence electrons. The van der Waals surface area contributed by atoms with Crippen molar-refractivity contribution in [2.24, 2.45) is 17.6 Å². The number of carbonyl (C=O) groups is 2. The summed E-state index contributed by atoms with van der Waals surface area (Å²) in [6, 6.07) is 13.5. The van der Waals surface area contributed by atoms with E-state index in [2.05, 4.69) is 0 Å². The zero-order chi connectivity index (χ0) is 18.7. The molecule has 2 fully saturated rings. The van der Waals surface area contributed by atoms with E-state index in [1.165, 1.54) is 0 Å². The van der Waals surface area contributed by atoms with Crippen molar-refractivity contribution in [1.29, 1.82) is 0 Å². The molecule has 0 aliphatic heterocycles. The Labute approximate surface area is 148 Å². The molecule has 0 bridgehead atoms. The molecule has 0 aromatic heterocycles. The molecule has 26 heavy (non-hydrogen) atoms. The van der Waals surface area contributed by atoms with Crippen molar-refractivity contribution >= 4 is 22.7 Å². The summed E-state index contributed by atoms with van der Waals surface area (Å²) in [6.07, 6.45) is -0.964. The van der Waals surface area contributed by atoms with Crippen LogP contribution in [0.25, 0.3) is 10.8 Å². The van der Waals surface area contributed by atoms with Crippen molar-refractivity contribution < 1.29 is 28.9 Å². The SMILES string of the molecule is N[C@]1(C(=O)O)[C@H]2[C@@H](C[C@H]1OCc1ccc3ccccc3c1)[C@]2(F)C(=O)O. The van der Waals surface area contributed by atoms with Gasteiger partial charge in [0.2, 0.25) is 5.67 Å². The Morgan fingerprint density at radius 2 is 1.85 bits per heavy atom. The van der Waals surface area contributed by atoms with Crippen LogP contribution in [0.3, 0.4) is 0 Å². The molecule has 2 aromatic carbocycles. The second kappa shape index (κ2) is 5.49. The summed E-state index contributed by atoms with van der Waals surface area (Å²) in [5.74, 6) is -5.29. The first-order chi connectivity index (χ1) is 12.3.